The van der Waals surface area contributed by atoms with Crippen LogP contribution < -0.4 is 15.8 Å². The zero-order valence-electron chi connectivity index (χ0n) is 19.2. The first-order valence-corrected chi connectivity index (χ1v) is 11.8. The van der Waals surface area contributed by atoms with Gasteiger partial charge in [0.15, 0.2) is 0 Å². The Bertz CT molecular complexity index is 1290. The van der Waals surface area contributed by atoms with Gasteiger partial charge in [0, 0.05) is 43.8 Å². The summed E-state index contributed by atoms with van der Waals surface area (Å²) in [5, 5.41) is 4.20. The molecule has 0 atom stereocenters. The van der Waals surface area contributed by atoms with Crippen LogP contribution in [0.4, 0.5) is 10.1 Å². The van der Waals surface area contributed by atoms with Gasteiger partial charge in [-0.15, -0.1) is 0 Å². The number of rotatable bonds is 6. The molecule has 1 saturated carbocycles. The molecule has 0 radical (unpaired) electrons. The second-order valence-electron chi connectivity index (χ2n) is 8.86. The van der Waals surface area contributed by atoms with Crippen molar-refractivity contribution in [2.45, 2.75) is 25.8 Å². The van der Waals surface area contributed by atoms with Gasteiger partial charge in [-0.3, -0.25) is 9.59 Å². The summed E-state index contributed by atoms with van der Waals surface area (Å²) in [7, 11) is 0. The van der Waals surface area contributed by atoms with Crippen LogP contribution in [0.1, 0.15) is 41.7 Å². The van der Waals surface area contributed by atoms with Crippen molar-refractivity contribution in [2.24, 2.45) is 5.10 Å². The quantitative estimate of drug-likeness (QED) is 0.451. The van der Waals surface area contributed by atoms with Gasteiger partial charge in [0.2, 0.25) is 5.43 Å². The highest BCUT2D eigenvalue weighted by atomic mass is 19.1. The molecular formula is C26H28FN5O2. The molecular weight excluding hydrogens is 433 g/mol. The van der Waals surface area contributed by atoms with Crippen LogP contribution in [0.25, 0.3) is 10.9 Å². The number of likely N-dealkylation sites (N-methyl/N-ethyl adjacent to an activating group) is 1. The lowest BCUT2D eigenvalue weighted by atomic mass is 10.1. The summed E-state index contributed by atoms with van der Waals surface area (Å²) in [6, 6.07) is 12.6. The van der Waals surface area contributed by atoms with Gasteiger partial charge in [0.05, 0.1) is 17.4 Å². The highest BCUT2D eigenvalue weighted by molar-refractivity contribution is 5.98. The van der Waals surface area contributed by atoms with Crippen molar-refractivity contribution < 1.29 is 9.18 Å². The molecule has 1 aliphatic carbocycles. The Morgan fingerprint density at radius 3 is 2.56 bits per heavy atom. The highest BCUT2D eigenvalue weighted by Gasteiger charge is 2.28. The normalized spacial score (nSPS) is 16.9. The number of benzene rings is 2. The van der Waals surface area contributed by atoms with Crippen LogP contribution in [0.3, 0.4) is 0 Å². The van der Waals surface area contributed by atoms with E-state index in [0.717, 1.165) is 51.1 Å². The number of nitrogens with one attached hydrogen (secondary N) is 1. The molecule has 176 valence electrons. The molecule has 1 saturated heterocycles. The Labute approximate surface area is 197 Å². The van der Waals surface area contributed by atoms with Crippen LogP contribution in [-0.4, -0.2) is 54.3 Å². The number of hydrazone groups is 1. The molecule has 1 N–H and O–H groups in total. The van der Waals surface area contributed by atoms with Crippen LogP contribution in [0.15, 0.2) is 58.6 Å². The third-order valence-electron chi connectivity index (χ3n) is 6.63. The predicted octanol–water partition coefficient (Wildman–Crippen LogP) is 3.38. The van der Waals surface area contributed by atoms with E-state index in [4.69, 9.17) is 0 Å². The lowest BCUT2D eigenvalue weighted by Crippen LogP contribution is -2.46. The van der Waals surface area contributed by atoms with Crippen LogP contribution in [0.5, 0.6) is 0 Å². The first-order valence-electron chi connectivity index (χ1n) is 11.8. The molecule has 2 aliphatic rings. The van der Waals surface area contributed by atoms with Gasteiger partial charge in [-0.1, -0.05) is 37.3 Å². The van der Waals surface area contributed by atoms with Crippen molar-refractivity contribution in [2.75, 3.05) is 37.6 Å². The lowest BCUT2D eigenvalue weighted by molar-refractivity contribution is 0.0953. The predicted molar refractivity (Wildman–Crippen MR) is 132 cm³/mol. The van der Waals surface area contributed by atoms with Gasteiger partial charge in [0.25, 0.3) is 5.91 Å². The molecule has 2 heterocycles. The summed E-state index contributed by atoms with van der Waals surface area (Å²) in [6.07, 6.45) is 5.05. The number of hydrogen-bond acceptors (Lipinski definition) is 5. The fraction of sp³-hybridized carbons (Fsp3) is 0.346. The summed E-state index contributed by atoms with van der Waals surface area (Å²) < 4.78 is 17.2. The maximum Gasteiger partial charge on any atom is 0.276 e. The highest BCUT2D eigenvalue weighted by Crippen LogP contribution is 2.38. The standard InChI is InChI=1S/C26H28FN5O2/c1-2-30-10-12-31(13-11-30)24-15-23-20(14-22(24)27)25(33)21(17-32(23)19-8-9-19)26(34)29-28-16-18-6-4-3-5-7-18/h3-7,14-17,19H,2,8-13H2,1H3,(H,29,34)/b28-16-. The molecule has 2 aromatic carbocycles. The Morgan fingerprint density at radius 1 is 1.15 bits per heavy atom. The summed E-state index contributed by atoms with van der Waals surface area (Å²) in [6.45, 7) is 6.35. The molecule has 1 aromatic heterocycles. The third kappa shape index (κ3) is 4.46. The molecule has 8 heteroatoms. The summed E-state index contributed by atoms with van der Waals surface area (Å²) in [5.41, 5.74) is 3.93. The summed E-state index contributed by atoms with van der Waals surface area (Å²) in [4.78, 5) is 30.4. The summed E-state index contributed by atoms with van der Waals surface area (Å²) >= 11 is 0. The number of fused-ring (bicyclic) bond motifs is 1. The molecule has 34 heavy (non-hydrogen) atoms. The Kier molecular flexibility index (Phi) is 6.15. The van der Waals surface area contributed by atoms with Crippen molar-refractivity contribution in [3.8, 4) is 0 Å². The van der Waals surface area contributed by atoms with Gasteiger partial charge in [-0.25, -0.2) is 9.82 Å². The number of aromatic nitrogens is 1. The maximum absolute atomic E-state index is 15.2. The van der Waals surface area contributed by atoms with Crippen molar-refractivity contribution in [1.82, 2.24) is 14.9 Å². The van der Waals surface area contributed by atoms with E-state index in [1.807, 2.05) is 39.8 Å². The zero-order chi connectivity index (χ0) is 23.7. The second kappa shape index (κ2) is 9.38. The zero-order valence-corrected chi connectivity index (χ0v) is 19.2. The molecule has 3 aromatic rings. The Balaban J connectivity index is 1.48. The van der Waals surface area contributed by atoms with Crippen molar-refractivity contribution in [3.05, 3.63) is 75.8 Å². The number of amides is 1. The monoisotopic (exact) mass is 461 g/mol. The number of anilines is 1. The number of hydrogen-bond donors (Lipinski definition) is 1. The lowest BCUT2D eigenvalue weighted by Gasteiger charge is -2.35. The van der Waals surface area contributed by atoms with Gasteiger partial charge in [0.1, 0.15) is 11.4 Å². The maximum atomic E-state index is 15.2. The molecule has 0 spiro atoms. The van der Waals surface area contributed by atoms with E-state index in [1.54, 1.807) is 12.3 Å². The van der Waals surface area contributed by atoms with Crippen molar-refractivity contribution in [1.29, 1.82) is 0 Å². The number of halogens is 1. The van der Waals surface area contributed by atoms with E-state index < -0.39 is 17.2 Å². The molecule has 0 bridgehead atoms. The number of carbonyl (C=O) groups is 1. The average molecular weight is 462 g/mol. The number of carbonyl (C=O) groups excluding carboxylic acids is 1. The van der Waals surface area contributed by atoms with E-state index in [2.05, 4.69) is 22.4 Å². The smallest absolute Gasteiger partial charge is 0.276 e. The van der Waals surface area contributed by atoms with Crippen LogP contribution >= 0.6 is 0 Å². The molecule has 5 rings (SSSR count). The molecule has 0 unspecified atom stereocenters. The number of nitrogens with zero attached hydrogens (tertiary/aromatic N) is 4. The fourth-order valence-corrected chi connectivity index (χ4v) is 4.49. The Morgan fingerprint density at radius 2 is 1.88 bits per heavy atom. The number of pyridine rings is 1. The topological polar surface area (TPSA) is 69.9 Å². The summed E-state index contributed by atoms with van der Waals surface area (Å²) in [5.74, 6) is -1.04. The average Bonchev–Trinajstić information content (AvgIpc) is 3.70. The minimum atomic E-state index is -0.603. The first-order chi connectivity index (χ1) is 16.5. The van der Waals surface area contributed by atoms with E-state index >= 15 is 4.39 Å². The van der Waals surface area contributed by atoms with Crippen molar-refractivity contribution >= 4 is 28.7 Å². The molecule has 1 amide bonds. The van der Waals surface area contributed by atoms with Gasteiger partial charge in [-0.05, 0) is 37.1 Å². The molecule has 7 nitrogen and oxygen atoms in total. The third-order valence-corrected chi connectivity index (χ3v) is 6.63. The Hall–Kier alpha value is -3.52. The first kappa shape index (κ1) is 22.3. The van der Waals surface area contributed by atoms with Gasteiger partial charge < -0.3 is 14.4 Å². The van der Waals surface area contributed by atoms with Crippen molar-refractivity contribution in [3.63, 3.8) is 0 Å². The van der Waals surface area contributed by atoms with Crippen LogP contribution in [0.2, 0.25) is 0 Å². The second-order valence-corrected chi connectivity index (χ2v) is 8.86. The van der Waals surface area contributed by atoms with Crippen LogP contribution in [-0.2, 0) is 0 Å². The van der Waals surface area contributed by atoms with E-state index in [0.29, 0.717) is 11.2 Å². The SMILES string of the molecule is CCN1CCN(c2cc3c(cc2F)c(=O)c(C(=O)N/N=C\c2ccccc2)cn3C2CC2)CC1. The number of piperazine rings is 1. The van der Waals surface area contributed by atoms with Gasteiger partial charge >= 0.3 is 0 Å². The minimum Gasteiger partial charge on any atom is -0.367 e. The minimum absolute atomic E-state index is 0.0340. The fourth-order valence-electron chi connectivity index (χ4n) is 4.49. The van der Waals surface area contributed by atoms with Gasteiger partial charge in [-0.2, -0.15) is 5.10 Å². The van der Waals surface area contributed by atoms with Crippen LogP contribution in [0, 0.1) is 5.82 Å². The van der Waals surface area contributed by atoms with E-state index in [9.17, 15) is 9.59 Å². The molecule has 2 fully saturated rings. The molecule has 1 aliphatic heterocycles. The van der Waals surface area contributed by atoms with E-state index in [-0.39, 0.29) is 17.0 Å². The van der Waals surface area contributed by atoms with E-state index in [1.165, 1.54) is 12.3 Å². The largest absolute Gasteiger partial charge is 0.367 e.